The molecule has 0 amide bonds. The first kappa shape index (κ1) is 11.7. The van der Waals surface area contributed by atoms with Gasteiger partial charge in [0.05, 0.1) is 0 Å². The standard InChI is InChI=1S/C14H19N3/c1-11-4-5-12(2)14(10-11)15-8-6-13-7-9-16-17(13)3/h4-5,7,9-10,15H,6,8H2,1-3H3. The molecule has 3 nitrogen and oxygen atoms in total. The second kappa shape index (κ2) is 5.04. The van der Waals surface area contributed by atoms with E-state index in [-0.39, 0.29) is 0 Å². The lowest BCUT2D eigenvalue weighted by molar-refractivity contribution is 0.711. The molecule has 0 bridgehead atoms. The molecule has 0 fully saturated rings. The third-order valence-corrected chi connectivity index (χ3v) is 3.01. The van der Waals surface area contributed by atoms with Gasteiger partial charge in [-0.2, -0.15) is 5.10 Å². The minimum atomic E-state index is 0.934. The van der Waals surface area contributed by atoms with Gasteiger partial charge in [-0.05, 0) is 37.1 Å². The Morgan fingerprint density at radius 3 is 2.76 bits per heavy atom. The van der Waals surface area contributed by atoms with E-state index in [9.17, 15) is 0 Å². The van der Waals surface area contributed by atoms with Gasteiger partial charge >= 0.3 is 0 Å². The van der Waals surface area contributed by atoms with Gasteiger partial charge in [0.15, 0.2) is 0 Å². The van der Waals surface area contributed by atoms with Crippen LogP contribution in [0.5, 0.6) is 0 Å². The number of aryl methyl sites for hydroxylation is 3. The minimum Gasteiger partial charge on any atom is -0.384 e. The second-order valence-electron chi connectivity index (χ2n) is 4.44. The predicted octanol–water partition coefficient (Wildman–Crippen LogP) is 2.69. The molecule has 0 unspecified atom stereocenters. The average molecular weight is 229 g/mol. The number of rotatable bonds is 4. The molecule has 2 rings (SSSR count). The summed E-state index contributed by atoms with van der Waals surface area (Å²) in [7, 11) is 1.98. The van der Waals surface area contributed by atoms with E-state index in [0.717, 1.165) is 13.0 Å². The highest BCUT2D eigenvalue weighted by atomic mass is 15.3. The summed E-state index contributed by atoms with van der Waals surface area (Å²) in [4.78, 5) is 0. The van der Waals surface area contributed by atoms with Crippen LogP contribution in [-0.2, 0) is 13.5 Å². The number of benzene rings is 1. The Balaban J connectivity index is 1.94. The molecule has 0 saturated heterocycles. The van der Waals surface area contributed by atoms with Gasteiger partial charge in [0.1, 0.15) is 0 Å². The van der Waals surface area contributed by atoms with Crippen molar-refractivity contribution in [3.8, 4) is 0 Å². The SMILES string of the molecule is Cc1ccc(C)c(NCCc2ccnn2C)c1. The first-order valence-corrected chi connectivity index (χ1v) is 5.95. The lowest BCUT2D eigenvalue weighted by atomic mass is 10.1. The molecule has 2 aromatic rings. The summed E-state index contributed by atoms with van der Waals surface area (Å²) < 4.78 is 1.92. The highest BCUT2D eigenvalue weighted by Gasteiger charge is 2.00. The van der Waals surface area contributed by atoms with E-state index in [0.29, 0.717) is 0 Å². The van der Waals surface area contributed by atoms with Crippen LogP contribution in [0.1, 0.15) is 16.8 Å². The fraction of sp³-hybridized carbons (Fsp3) is 0.357. The highest BCUT2D eigenvalue weighted by Crippen LogP contribution is 2.16. The van der Waals surface area contributed by atoms with Crippen LogP contribution in [0, 0.1) is 13.8 Å². The van der Waals surface area contributed by atoms with E-state index >= 15 is 0 Å². The van der Waals surface area contributed by atoms with Gasteiger partial charge in [0.25, 0.3) is 0 Å². The molecule has 3 heteroatoms. The molecule has 0 spiro atoms. The molecular weight excluding hydrogens is 210 g/mol. The fourth-order valence-electron chi connectivity index (χ4n) is 1.90. The zero-order chi connectivity index (χ0) is 12.3. The van der Waals surface area contributed by atoms with Crippen molar-refractivity contribution in [2.24, 2.45) is 7.05 Å². The van der Waals surface area contributed by atoms with Crippen LogP contribution >= 0.6 is 0 Å². The summed E-state index contributed by atoms with van der Waals surface area (Å²) in [5.74, 6) is 0. The number of nitrogens with one attached hydrogen (secondary N) is 1. The first-order valence-electron chi connectivity index (χ1n) is 5.95. The maximum atomic E-state index is 4.16. The Morgan fingerprint density at radius 1 is 1.24 bits per heavy atom. The third-order valence-electron chi connectivity index (χ3n) is 3.01. The van der Waals surface area contributed by atoms with Crippen molar-refractivity contribution in [2.45, 2.75) is 20.3 Å². The Labute approximate surface area is 102 Å². The third kappa shape index (κ3) is 2.87. The fourth-order valence-corrected chi connectivity index (χ4v) is 1.90. The summed E-state index contributed by atoms with van der Waals surface area (Å²) in [5.41, 5.74) is 5.06. The van der Waals surface area contributed by atoms with E-state index in [1.165, 1.54) is 22.5 Å². The van der Waals surface area contributed by atoms with Crippen molar-refractivity contribution in [3.63, 3.8) is 0 Å². The highest BCUT2D eigenvalue weighted by molar-refractivity contribution is 5.52. The van der Waals surface area contributed by atoms with Gasteiger partial charge < -0.3 is 5.32 Å². The van der Waals surface area contributed by atoms with Crippen LogP contribution in [0.4, 0.5) is 5.69 Å². The quantitative estimate of drug-likeness (QED) is 0.873. The maximum Gasteiger partial charge on any atom is 0.0492 e. The van der Waals surface area contributed by atoms with Gasteiger partial charge in [-0.1, -0.05) is 12.1 Å². The molecule has 1 aromatic carbocycles. The van der Waals surface area contributed by atoms with Crippen LogP contribution in [-0.4, -0.2) is 16.3 Å². The largest absolute Gasteiger partial charge is 0.384 e. The van der Waals surface area contributed by atoms with Gasteiger partial charge in [-0.15, -0.1) is 0 Å². The summed E-state index contributed by atoms with van der Waals surface area (Å²) in [5, 5.41) is 7.64. The van der Waals surface area contributed by atoms with Crippen LogP contribution in [0.25, 0.3) is 0 Å². The zero-order valence-corrected chi connectivity index (χ0v) is 10.7. The first-order chi connectivity index (χ1) is 8.16. The van der Waals surface area contributed by atoms with Crippen molar-refractivity contribution < 1.29 is 0 Å². The zero-order valence-electron chi connectivity index (χ0n) is 10.7. The minimum absolute atomic E-state index is 0.934. The molecule has 1 heterocycles. The Morgan fingerprint density at radius 2 is 2.06 bits per heavy atom. The molecule has 0 aliphatic heterocycles. The summed E-state index contributed by atoms with van der Waals surface area (Å²) in [6.45, 7) is 5.18. The van der Waals surface area contributed by atoms with Crippen LogP contribution in [0.15, 0.2) is 30.5 Å². The molecule has 0 radical (unpaired) electrons. The normalized spacial score (nSPS) is 10.5. The predicted molar refractivity (Wildman–Crippen MR) is 71.3 cm³/mol. The van der Waals surface area contributed by atoms with E-state index in [2.05, 4.69) is 48.5 Å². The van der Waals surface area contributed by atoms with E-state index < -0.39 is 0 Å². The Kier molecular flexibility index (Phi) is 3.47. The topological polar surface area (TPSA) is 29.9 Å². The lowest BCUT2D eigenvalue weighted by Crippen LogP contribution is -2.09. The molecule has 17 heavy (non-hydrogen) atoms. The lowest BCUT2D eigenvalue weighted by Gasteiger charge is -2.10. The average Bonchev–Trinajstić information content (AvgIpc) is 2.70. The van der Waals surface area contributed by atoms with Crippen LogP contribution in [0.2, 0.25) is 0 Å². The van der Waals surface area contributed by atoms with Crippen molar-refractivity contribution in [1.29, 1.82) is 0 Å². The number of hydrogen-bond acceptors (Lipinski definition) is 2. The molecular formula is C14H19N3. The monoisotopic (exact) mass is 229 g/mol. The molecule has 90 valence electrons. The van der Waals surface area contributed by atoms with Crippen molar-refractivity contribution >= 4 is 5.69 Å². The number of aromatic nitrogens is 2. The maximum absolute atomic E-state index is 4.16. The van der Waals surface area contributed by atoms with E-state index in [1.54, 1.807) is 0 Å². The van der Waals surface area contributed by atoms with Gasteiger partial charge in [0, 0.05) is 37.6 Å². The smallest absolute Gasteiger partial charge is 0.0492 e. The molecule has 1 aromatic heterocycles. The number of anilines is 1. The summed E-state index contributed by atoms with van der Waals surface area (Å²) in [6.07, 6.45) is 2.83. The Bertz CT molecular complexity index is 500. The van der Waals surface area contributed by atoms with Crippen molar-refractivity contribution in [3.05, 3.63) is 47.3 Å². The van der Waals surface area contributed by atoms with Crippen LogP contribution < -0.4 is 5.32 Å². The molecule has 0 saturated carbocycles. The molecule has 0 atom stereocenters. The molecule has 0 aliphatic carbocycles. The molecule has 1 N–H and O–H groups in total. The summed E-state index contributed by atoms with van der Waals surface area (Å²) in [6, 6.07) is 8.55. The van der Waals surface area contributed by atoms with E-state index in [1.807, 2.05) is 17.9 Å². The van der Waals surface area contributed by atoms with E-state index in [4.69, 9.17) is 0 Å². The van der Waals surface area contributed by atoms with Crippen molar-refractivity contribution in [2.75, 3.05) is 11.9 Å². The summed E-state index contributed by atoms with van der Waals surface area (Å²) >= 11 is 0. The van der Waals surface area contributed by atoms with Gasteiger partial charge in [-0.3, -0.25) is 4.68 Å². The number of nitrogens with zero attached hydrogens (tertiary/aromatic N) is 2. The van der Waals surface area contributed by atoms with Gasteiger partial charge in [0.2, 0.25) is 0 Å². The van der Waals surface area contributed by atoms with Crippen molar-refractivity contribution in [1.82, 2.24) is 9.78 Å². The molecule has 0 aliphatic rings. The number of hydrogen-bond donors (Lipinski definition) is 1. The second-order valence-corrected chi connectivity index (χ2v) is 4.44. The van der Waals surface area contributed by atoms with Gasteiger partial charge in [-0.25, -0.2) is 0 Å². The van der Waals surface area contributed by atoms with Crippen LogP contribution in [0.3, 0.4) is 0 Å². The Hall–Kier alpha value is -1.77.